The van der Waals surface area contributed by atoms with E-state index in [9.17, 15) is 28.3 Å². The maximum absolute atomic E-state index is 14.7. The third kappa shape index (κ3) is 5.72. The molecular formula is C31H29ClF2N4O4. The molecule has 0 saturated heterocycles. The van der Waals surface area contributed by atoms with Crippen LogP contribution in [0.25, 0.3) is 16.7 Å². The molecule has 2 bridgehead atoms. The van der Waals surface area contributed by atoms with E-state index in [4.69, 9.17) is 11.6 Å². The smallest absolute Gasteiger partial charge is 0.411 e. The van der Waals surface area contributed by atoms with Crippen LogP contribution in [0.15, 0.2) is 54.7 Å². The van der Waals surface area contributed by atoms with Crippen molar-refractivity contribution < 1.29 is 28.3 Å². The second-order valence-electron chi connectivity index (χ2n) is 10.5. The van der Waals surface area contributed by atoms with Gasteiger partial charge in [0.25, 0.3) is 0 Å². The van der Waals surface area contributed by atoms with Crippen LogP contribution in [0.2, 0.25) is 5.02 Å². The number of benzene rings is 2. The minimum Gasteiger partial charge on any atom is -0.465 e. The molecule has 0 spiro atoms. The van der Waals surface area contributed by atoms with E-state index in [1.165, 1.54) is 13.1 Å². The van der Waals surface area contributed by atoms with E-state index < -0.39 is 29.7 Å². The highest BCUT2D eigenvalue weighted by molar-refractivity contribution is 6.31. The van der Waals surface area contributed by atoms with Gasteiger partial charge in [0.2, 0.25) is 11.8 Å². The molecule has 8 nitrogen and oxygen atoms in total. The molecule has 0 fully saturated rings. The van der Waals surface area contributed by atoms with E-state index in [0.29, 0.717) is 41.9 Å². The number of hydrogen-bond donors (Lipinski definition) is 2. The van der Waals surface area contributed by atoms with Crippen molar-refractivity contribution in [2.24, 2.45) is 5.92 Å². The fourth-order valence-corrected chi connectivity index (χ4v) is 5.61. The number of hydrogen-bond acceptors (Lipinski definition) is 4. The SMILES string of the molecule is C[C@H]1CCC[C@H](N2CCC(c3c(F)ccc(Cl)c3F)=CC2=O)c2cc(ccn2)-c2ccc(N(C)C(=O)O)cc2NC1=O. The zero-order valence-electron chi connectivity index (χ0n) is 23.0. The molecule has 3 heterocycles. The number of fused-ring (bicyclic) bond motifs is 4. The van der Waals surface area contributed by atoms with Crippen molar-refractivity contribution in [3.8, 4) is 11.1 Å². The number of rotatable bonds is 3. The largest absolute Gasteiger partial charge is 0.465 e. The molecule has 0 saturated carbocycles. The lowest BCUT2D eigenvalue weighted by Crippen LogP contribution is -2.38. The average molecular weight is 595 g/mol. The van der Waals surface area contributed by atoms with Gasteiger partial charge in [-0.3, -0.25) is 19.5 Å². The Morgan fingerprint density at radius 2 is 1.93 bits per heavy atom. The van der Waals surface area contributed by atoms with Crippen LogP contribution in [0.5, 0.6) is 0 Å². The maximum atomic E-state index is 14.7. The number of pyridine rings is 1. The highest BCUT2D eigenvalue weighted by atomic mass is 35.5. The Balaban J connectivity index is 1.54. The topological polar surface area (TPSA) is 103 Å². The standard InChI is InChI=1S/C31H29ClF2N4O4/c1-17-4-3-5-26(38-13-11-19(15-27(38)39)28-23(33)9-8-22(32)29(28)34)25-14-18(10-12-35-25)21-7-6-20(37(2)31(41)42)16-24(21)36-30(17)40/h6-10,12,14-17,26H,3-5,11,13H2,1-2H3,(H,36,40)(H,41,42)/t17-,26-/m0/s1. The van der Waals surface area contributed by atoms with E-state index in [1.807, 2.05) is 13.0 Å². The highest BCUT2D eigenvalue weighted by Crippen LogP contribution is 2.38. The van der Waals surface area contributed by atoms with Crippen molar-refractivity contribution in [1.82, 2.24) is 9.88 Å². The van der Waals surface area contributed by atoms with Gasteiger partial charge in [0.15, 0.2) is 5.82 Å². The summed E-state index contributed by atoms with van der Waals surface area (Å²) in [4.78, 5) is 45.4. The number of carbonyl (C=O) groups excluding carboxylic acids is 2. The van der Waals surface area contributed by atoms with Crippen molar-refractivity contribution in [3.63, 3.8) is 0 Å². The van der Waals surface area contributed by atoms with Gasteiger partial charge < -0.3 is 15.3 Å². The number of aromatic nitrogens is 1. The van der Waals surface area contributed by atoms with Crippen LogP contribution in [0.1, 0.15) is 49.9 Å². The summed E-state index contributed by atoms with van der Waals surface area (Å²) in [5, 5.41) is 12.2. The summed E-state index contributed by atoms with van der Waals surface area (Å²) in [6, 6.07) is 10.4. The lowest BCUT2D eigenvalue weighted by molar-refractivity contribution is -0.129. The number of nitrogens with one attached hydrogen (secondary N) is 1. The molecule has 0 aliphatic carbocycles. The molecular weight excluding hydrogens is 566 g/mol. The monoisotopic (exact) mass is 594 g/mol. The third-order valence-corrected chi connectivity index (χ3v) is 8.17. The van der Waals surface area contributed by atoms with E-state index >= 15 is 0 Å². The van der Waals surface area contributed by atoms with Gasteiger partial charge in [-0.1, -0.05) is 31.0 Å². The molecule has 218 valence electrons. The summed E-state index contributed by atoms with van der Waals surface area (Å²) < 4.78 is 29.3. The van der Waals surface area contributed by atoms with Crippen molar-refractivity contribution in [2.45, 2.75) is 38.6 Å². The van der Waals surface area contributed by atoms with Crippen LogP contribution in [0.3, 0.4) is 0 Å². The quantitative estimate of drug-likeness (QED) is 0.321. The number of nitrogens with zero attached hydrogens (tertiary/aromatic N) is 3. The molecule has 0 unspecified atom stereocenters. The Morgan fingerprint density at radius 3 is 2.67 bits per heavy atom. The van der Waals surface area contributed by atoms with Gasteiger partial charge in [0.05, 0.1) is 28.0 Å². The average Bonchev–Trinajstić information content (AvgIpc) is 2.97. The molecule has 3 aromatic rings. The lowest BCUT2D eigenvalue weighted by Gasteiger charge is -2.34. The van der Waals surface area contributed by atoms with Gasteiger partial charge in [-0.05, 0) is 66.8 Å². The van der Waals surface area contributed by atoms with Gasteiger partial charge in [-0.25, -0.2) is 13.6 Å². The summed E-state index contributed by atoms with van der Waals surface area (Å²) in [5.74, 6) is -2.64. The fraction of sp³-hybridized carbons (Fsp3) is 0.290. The summed E-state index contributed by atoms with van der Waals surface area (Å²) in [6.45, 7) is 2.03. The molecule has 1 aromatic heterocycles. The highest BCUT2D eigenvalue weighted by Gasteiger charge is 2.31. The second-order valence-corrected chi connectivity index (χ2v) is 11.0. The summed E-state index contributed by atoms with van der Waals surface area (Å²) in [7, 11) is 1.42. The molecule has 5 rings (SSSR count). The van der Waals surface area contributed by atoms with Crippen molar-refractivity contribution in [2.75, 3.05) is 23.8 Å². The van der Waals surface area contributed by atoms with Gasteiger partial charge in [-0.2, -0.15) is 0 Å². The molecule has 2 N–H and O–H groups in total. The molecule has 2 aliphatic rings. The Kier molecular flexibility index (Phi) is 8.27. The van der Waals surface area contributed by atoms with E-state index in [0.717, 1.165) is 22.6 Å². The van der Waals surface area contributed by atoms with Crippen LogP contribution in [0, 0.1) is 17.6 Å². The Labute approximate surface area is 246 Å². The van der Waals surface area contributed by atoms with Gasteiger partial charge in [0.1, 0.15) is 5.82 Å². The van der Waals surface area contributed by atoms with Crippen molar-refractivity contribution in [1.29, 1.82) is 0 Å². The Bertz CT molecular complexity index is 1610. The van der Waals surface area contributed by atoms with Crippen LogP contribution in [-0.4, -0.2) is 46.5 Å². The zero-order valence-corrected chi connectivity index (χ0v) is 23.8. The first-order valence-electron chi connectivity index (χ1n) is 13.6. The van der Waals surface area contributed by atoms with Crippen molar-refractivity contribution >= 4 is 46.5 Å². The predicted molar refractivity (Wildman–Crippen MR) is 156 cm³/mol. The number of anilines is 2. The van der Waals surface area contributed by atoms with Crippen LogP contribution in [-0.2, 0) is 9.59 Å². The normalized spacial score (nSPS) is 19.2. The molecule has 3 amide bonds. The maximum Gasteiger partial charge on any atom is 0.411 e. The molecule has 2 aliphatic heterocycles. The first-order chi connectivity index (χ1) is 20.0. The van der Waals surface area contributed by atoms with Gasteiger partial charge in [0, 0.05) is 43.0 Å². The van der Waals surface area contributed by atoms with Crippen molar-refractivity contribution in [3.05, 3.63) is 82.7 Å². The number of halogens is 3. The Morgan fingerprint density at radius 1 is 1.14 bits per heavy atom. The summed E-state index contributed by atoms with van der Waals surface area (Å²) in [5.41, 5.74) is 2.82. The number of amides is 3. The zero-order chi connectivity index (χ0) is 30.1. The fourth-order valence-electron chi connectivity index (χ4n) is 5.46. The van der Waals surface area contributed by atoms with Crippen LogP contribution in [0.4, 0.5) is 25.0 Å². The van der Waals surface area contributed by atoms with E-state index in [-0.39, 0.29) is 40.9 Å². The number of carbonyl (C=O) groups is 3. The molecule has 0 radical (unpaired) electrons. The van der Waals surface area contributed by atoms with E-state index in [2.05, 4.69) is 10.3 Å². The summed E-state index contributed by atoms with van der Waals surface area (Å²) >= 11 is 5.88. The number of carboxylic acid groups (broad SMARTS) is 1. The molecule has 42 heavy (non-hydrogen) atoms. The second kappa shape index (κ2) is 11.9. The lowest BCUT2D eigenvalue weighted by atomic mass is 9.92. The van der Waals surface area contributed by atoms with Gasteiger partial charge in [-0.15, -0.1) is 0 Å². The van der Waals surface area contributed by atoms with Crippen LogP contribution >= 0.6 is 11.6 Å². The van der Waals surface area contributed by atoms with Crippen LogP contribution < -0.4 is 10.2 Å². The third-order valence-electron chi connectivity index (χ3n) is 7.88. The van der Waals surface area contributed by atoms with E-state index in [1.54, 1.807) is 35.4 Å². The first kappa shape index (κ1) is 29.2. The summed E-state index contributed by atoms with van der Waals surface area (Å²) in [6.07, 6.45) is 3.64. The molecule has 11 heteroatoms. The first-order valence-corrected chi connectivity index (χ1v) is 14.0. The van der Waals surface area contributed by atoms with Gasteiger partial charge >= 0.3 is 6.09 Å². The minimum atomic E-state index is -1.14. The predicted octanol–water partition coefficient (Wildman–Crippen LogP) is 6.91. The minimum absolute atomic E-state index is 0.204. The molecule has 2 aromatic carbocycles. The Hall–Kier alpha value is -4.31. The molecule has 2 atom stereocenters.